The number of carboxylic acid groups (broad SMARTS) is 1. The summed E-state index contributed by atoms with van der Waals surface area (Å²) in [5, 5.41) is 9.64. The monoisotopic (exact) mass is 328 g/mol. The average Bonchev–Trinajstić information content (AvgIpc) is 2.58. The molecular weight excluding hydrogens is 307 g/mol. The normalized spacial score (nSPS) is 17.6. The number of hydrogen-bond acceptors (Lipinski definition) is 3. The van der Waals surface area contributed by atoms with E-state index in [0.29, 0.717) is 19.0 Å². The third-order valence-electron chi connectivity index (χ3n) is 4.76. The van der Waals surface area contributed by atoms with E-state index in [4.69, 9.17) is 0 Å². The number of likely N-dealkylation sites (tertiary alicyclic amines) is 1. The van der Waals surface area contributed by atoms with Crippen LogP contribution in [0.3, 0.4) is 0 Å². The second kappa shape index (κ2) is 7.09. The Labute approximate surface area is 141 Å². The van der Waals surface area contributed by atoms with E-state index in [1.54, 1.807) is 31.5 Å². The maximum Gasteiger partial charge on any atom is 0.325 e. The van der Waals surface area contributed by atoms with Crippen LogP contribution >= 0.6 is 0 Å². The van der Waals surface area contributed by atoms with Gasteiger partial charge in [-0.05, 0) is 68.1 Å². The zero-order valence-electron chi connectivity index (χ0n) is 13.7. The van der Waals surface area contributed by atoms with Crippen LogP contribution in [0.5, 0.6) is 0 Å². The van der Waals surface area contributed by atoms with E-state index >= 15 is 0 Å². The van der Waals surface area contributed by atoms with E-state index in [9.17, 15) is 14.3 Å². The molecule has 1 aliphatic rings. The summed E-state index contributed by atoms with van der Waals surface area (Å²) in [5.41, 5.74) is 2.27. The molecule has 1 fully saturated rings. The van der Waals surface area contributed by atoms with Gasteiger partial charge in [-0.3, -0.25) is 14.7 Å². The number of halogens is 1. The van der Waals surface area contributed by atoms with Crippen molar-refractivity contribution < 1.29 is 14.3 Å². The largest absolute Gasteiger partial charge is 0.480 e. The Balaban J connectivity index is 1.76. The number of aromatic nitrogens is 1. The molecule has 0 bridgehead atoms. The maximum absolute atomic E-state index is 14.3. The number of pyridine rings is 1. The number of rotatable bonds is 4. The molecule has 126 valence electrons. The number of aliphatic carboxylic acids is 1. The van der Waals surface area contributed by atoms with Gasteiger partial charge < -0.3 is 5.11 Å². The summed E-state index contributed by atoms with van der Waals surface area (Å²) in [6.45, 7) is 3.07. The van der Waals surface area contributed by atoms with Crippen molar-refractivity contribution >= 4 is 5.97 Å². The zero-order valence-corrected chi connectivity index (χ0v) is 13.7. The number of carbonyl (C=O) groups is 1. The van der Waals surface area contributed by atoms with Crippen LogP contribution in [0.1, 0.15) is 41.5 Å². The molecule has 1 atom stereocenters. The fourth-order valence-electron chi connectivity index (χ4n) is 3.47. The predicted molar refractivity (Wildman–Crippen MR) is 89.3 cm³/mol. The van der Waals surface area contributed by atoms with Crippen molar-refractivity contribution in [1.82, 2.24) is 9.88 Å². The molecule has 1 unspecified atom stereocenters. The summed E-state index contributed by atoms with van der Waals surface area (Å²) in [6.07, 6.45) is 5.29. The van der Waals surface area contributed by atoms with Crippen LogP contribution in [0.2, 0.25) is 0 Å². The lowest BCUT2D eigenvalue weighted by atomic mass is 9.88. The molecule has 0 radical (unpaired) electrons. The highest BCUT2D eigenvalue weighted by molar-refractivity contribution is 5.75. The van der Waals surface area contributed by atoms with Gasteiger partial charge in [0, 0.05) is 18.0 Å². The Hall–Kier alpha value is -2.27. The van der Waals surface area contributed by atoms with Gasteiger partial charge >= 0.3 is 5.97 Å². The first-order chi connectivity index (χ1) is 11.6. The Morgan fingerprint density at radius 3 is 2.50 bits per heavy atom. The Morgan fingerprint density at radius 2 is 1.92 bits per heavy atom. The third kappa shape index (κ3) is 3.46. The fourth-order valence-corrected chi connectivity index (χ4v) is 3.47. The minimum absolute atomic E-state index is 0.246. The van der Waals surface area contributed by atoms with Crippen molar-refractivity contribution in [2.24, 2.45) is 0 Å². The van der Waals surface area contributed by atoms with Crippen molar-refractivity contribution in [3.63, 3.8) is 0 Å². The maximum atomic E-state index is 14.3. The van der Waals surface area contributed by atoms with E-state index in [0.717, 1.165) is 18.4 Å². The summed E-state index contributed by atoms with van der Waals surface area (Å²) < 4.78 is 14.3. The highest BCUT2D eigenvalue weighted by atomic mass is 19.1. The van der Waals surface area contributed by atoms with Crippen LogP contribution in [0.25, 0.3) is 0 Å². The van der Waals surface area contributed by atoms with Crippen molar-refractivity contribution in [3.05, 3.63) is 65.2 Å². The molecule has 1 aromatic heterocycles. The van der Waals surface area contributed by atoms with Crippen LogP contribution < -0.4 is 0 Å². The van der Waals surface area contributed by atoms with E-state index < -0.39 is 17.8 Å². The molecule has 1 aromatic carbocycles. The van der Waals surface area contributed by atoms with Crippen LogP contribution in [0, 0.1) is 12.7 Å². The lowest BCUT2D eigenvalue weighted by molar-refractivity contribution is -0.144. The molecule has 0 amide bonds. The van der Waals surface area contributed by atoms with Gasteiger partial charge in [-0.2, -0.15) is 0 Å². The Kier molecular flexibility index (Phi) is 4.90. The number of benzene rings is 1. The van der Waals surface area contributed by atoms with E-state index in [2.05, 4.69) is 4.98 Å². The van der Waals surface area contributed by atoms with Gasteiger partial charge in [0.1, 0.15) is 11.9 Å². The molecule has 4 nitrogen and oxygen atoms in total. The van der Waals surface area contributed by atoms with Crippen LogP contribution in [-0.2, 0) is 4.79 Å². The second-order valence-electron chi connectivity index (χ2n) is 6.36. The van der Waals surface area contributed by atoms with Gasteiger partial charge in [0.15, 0.2) is 0 Å². The summed E-state index contributed by atoms with van der Waals surface area (Å²) in [4.78, 5) is 17.7. The van der Waals surface area contributed by atoms with Gasteiger partial charge in [0.05, 0.1) is 0 Å². The van der Waals surface area contributed by atoms with E-state index in [-0.39, 0.29) is 5.56 Å². The summed E-state index contributed by atoms with van der Waals surface area (Å²) >= 11 is 0. The Morgan fingerprint density at radius 1 is 1.25 bits per heavy atom. The number of piperidine rings is 1. The van der Waals surface area contributed by atoms with Crippen molar-refractivity contribution in [2.45, 2.75) is 31.7 Å². The first-order valence-electron chi connectivity index (χ1n) is 8.19. The van der Waals surface area contributed by atoms with Crippen LogP contribution in [0.15, 0.2) is 42.7 Å². The minimum Gasteiger partial charge on any atom is -0.480 e. The molecule has 1 N–H and O–H groups in total. The summed E-state index contributed by atoms with van der Waals surface area (Å²) in [6, 6.07) is 7.85. The third-order valence-corrected chi connectivity index (χ3v) is 4.76. The molecule has 0 aliphatic carbocycles. The van der Waals surface area contributed by atoms with Gasteiger partial charge in [-0.15, -0.1) is 0 Å². The van der Waals surface area contributed by atoms with E-state index in [1.165, 1.54) is 11.6 Å². The number of hydrogen-bond donors (Lipinski definition) is 1. The predicted octanol–water partition coefficient (Wildman–Crippen LogP) is 3.53. The zero-order chi connectivity index (χ0) is 17.1. The van der Waals surface area contributed by atoms with Gasteiger partial charge in [0.2, 0.25) is 0 Å². The molecule has 1 saturated heterocycles. The SMILES string of the molecule is Cc1ccc(C(C(=O)O)N2CCC(c3ccncc3)CC2)c(F)c1. The van der Waals surface area contributed by atoms with Gasteiger partial charge in [0.25, 0.3) is 0 Å². The summed E-state index contributed by atoms with van der Waals surface area (Å²) in [5.74, 6) is -1.04. The number of aryl methyl sites for hydroxylation is 1. The molecule has 24 heavy (non-hydrogen) atoms. The summed E-state index contributed by atoms with van der Waals surface area (Å²) in [7, 11) is 0. The van der Waals surface area contributed by atoms with Gasteiger partial charge in [-0.1, -0.05) is 12.1 Å². The van der Waals surface area contributed by atoms with Gasteiger partial charge in [-0.25, -0.2) is 4.39 Å². The van der Waals surface area contributed by atoms with E-state index in [1.807, 2.05) is 17.0 Å². The first-order valence-corrected chi connectivity index (χ1v) is 8.19. The lowest BCUT2D eigenvalue weighted by Gasteiger charge is -2.36. The highest BCUT2D eigenvalue weighted by Crippen LogP contribution is 2.33. The molecular formula is C19H21FN2O2. The topological polar surface area (TPSA) is 53.4 Å². The minimum atomic E-state index is -1.000. The van der Waals surface area contributed by atoms with Crippen LogP contribution in [-0.4, -0.2) is 34.0 Å². The number of carboxylic acids is 1. The first kappa shape index (κ1) is 16.6. The molecule has 3 rings (SSSR count). The highest BCUT2D eigenvalue weighted by Gasteiger charge is 2.33. The number of nitrogens with zero attached hydrogens (tertiary/aromatic N) is 2. The molecule has 0 saturated carbocycles. The molecule has 2 heterocycles. The molecule has 2 aromatic rings. The standard InChI is InChI=1S/C19H21FN2O2/c1-13-2-3-16(17(20)12-13)18(19(23)24)22-10-6-15(7-11-22)14-4-8-21-9-5-14/h2-5,8-9,12,15,18H,6-7,10-11H2,1H3,(H,23,24). The van der Waals surface area contributed by atoms with Crippen LogP contribution in [0.4, 0.5) is 4.39 Å². The molecule has 5 heteroatoms. The lowest BCUT2D eigenvalue weighted by Crippen LogP contribution is -2.40. The van der Waals surface area contributed by atoms with Crippen molar-refractivity contribution in [3.8, 4) is 0 Å². The molecule has 1 aliphatic heterocycles. The van der Waals surface area contributed by atoms with Crippen molar-refractivity contribution in [1.29, 1.82) is 0 Å². The Bertz CT molecular complexity index is 713. The second-order valence-corrected chi connectivity index (χ2v) is 6.36. The average molecular weight is 328 g/mol. The fraction of sp³-hybridized carbons (Fsp3) is 0.368. The smallest absolute Gasteiger partial charge is 0.325 e. The van der Waals surface area contributed by atoms with Crippen molar-refractivity contribution in [2.75, 3.05) is 13.1 Å². The quantitative estimate of drug-likeness (QED) is 0.933. The molecule has 0 spiro atoms.